The molecule has 1 saturated carbocycles. The number of Topliss-reactive ketones (excluding diaryl/α,β-unsaturated/α-hetero) is 1. The SMILES string of the molecule is C=CC(=O)N1CCN(C2NC(OCC3CCCN3C)NC3C(=O)[C@@]4(CCC32)Oc2ccccc2CC4Cl)CC1CC#N. The van der Waals surface area contributed by atoms with E-state index in [4.69, 9.17) is 21.1 Å². The molecule has 4 heterocycles. The average Bonchev–Trinajstić information content (AvgIpc) is 3.42. The molecule has 5 aliphatic rings. The molecular formula is C31H41ClN6O4. The Morgan fingerprint density at radius 2 is 2.10 bits per heavy atom. The number of likely N-dealkylation sites (tertiary alicyclic amines) is 1. The van der Waals surface area contributed by atoms with E-state index in [1.807, 2.05) is 24.3 Å². The fraction of sp³-hybridized carbons (Fsp3) is 0.645. The molecule has 2 N–H and O–H groups in total. The first kappa shape index (κ1) is 29.5. The van der Waals surface area contributed by atoms with Crippen molar-refractivity contribution in [2.45, 2.75) is 80.1 Å². The molecule has 226 valence electrons. The van der Waals surface area contributed by atoms with E-state index < -0.39 is 23.4 Å². The first-order valence-corrected chi connectivity index (χ1v) is 15.6. The monoisotopic (exact) mass is 596 g/mol. The summed E-state index contributed by atoms with van der Waals surface area (Å²) in [6.07, 6.45) is 4.85. The van der Waals surface area contributed by atoms with E-state index in [2.05, 4.69) is 40.1 Å². The molecule has 3 saturated heterocycles. The highest BCUT2D eigenvalue weighted by molar-refractivity contribution is 6.24. The van der Waals surface area contributed by atoms with Gasteiger partial charge < -0.3 is 19.3 Å². The number of amides is 1. The van der Waals surface area contributed by atoms with Crippen molar-refractivity contribution in [1.29, 1.82) is 5.26 Å². The first-order chi connectivity index (χ1) is 20.3. The third kappa shape index (κ3) is 5.36. The van der Waals surface area contributed by atoms with Crippen molar-refractivity contribution in [2.75, 3.05) is 39.8 Å². The fourth-order valence-corrected chi connectivity index (χ4v) is 8.08. The topological polar surface area (TPSA) is 110 Å². The maximum atomic E-state index is 14.5. The molecule has 4 fully saturated rings. The third-order valence-electron chi connectivity index (χ3n) is 10.0. The number of hydrogen-bond acceptors (Lipinski definition) is 9. The zero-order chi connectivity index (χ0) is 29.4. The summed E-state index contributed by atoms with van der Waals surface area (Å²) in [5.74, 6) is 0.475. The van der Waals surface area contributed by atoms with Crippen molar-refractivity contribution in [3.05, 3.63) is 42.5 Å². The molecule has 0 radical (unpaired) electrons. The van der Waals surface area contributed by atoms with Crippen LogP contribution in [0.25, 0.3) is 0 Å². The fourth-order valence-electron chi connectivity index (χ4n) is 7.65. The van der Waals surface area contributed by atoms with Crippen LogP contribution in [-0.4, -0.2) is 108 Å². The summed E-state index contributed by atoms with van der Waals surface area (Å²) in [6.45, 7) is 6.86. The molecule has 4 aliphatic heterocycles. The molecule has 1 spiro atoms. The normalized spacial score (nSPS) is 37.0. The van der Waals surface area contributed by atoms with Crippen molar-refractivity contribution in [3.63, 3.8) is 0 Å². The number of hydrogen-bond donors (Lipinski definition) is 2. The molecular weight excluding hydrogens is 556 g/mol. The predicted molar refractivity (Wildman–Crippen MR) is 158 cm³/mol. The van der Waals surface area contributed by atoms with Crippen molar-refractivity contribution in [1.82, 2.24) is 25.3 Å². The molecule has 42 heavy (non-hydrogen) atoms. The lowest BCUT2D eigenvalue weighted by molar-refractivity contribution is -0.160. The van der Waals surface area contributed by atoms with Gasteiger partial charge >= 0.3 is 0 Å². The van der Waals surface area contributed by atoms with Crippen LogP contribution < -0.4 is 15.4 Å². The van der Waals surface area contributed by atoms with Gasteiger partial charge in [0.25, 0.3) is 0 Å². The number of nitrogens with one attached hydrogen (secondary N) is 2. The van der Waals surface area contributed by atoms with E-state index >= 15 is 0 Å². The van der Waals surface area contributed by atoms with E-state index in [0.29, 0.717) is 45.1 Å². The molecule has 8 atom stereocenters. The summed E-state index contributed by atoms with van der Waals surface area (Å²) in [5, 5.41) is 16.2. The number of halogens is 1. The molecule has 1 aromatic carbocycles. The van der Waals surface area contributed by atoms with Crippen molar-refractivity contribution in [3.8, 4) is 11.8 Å². The third-order valence-corrected chi connectivity index (χ3v) is 10.5. The van der Waals surface area contributed by atoms with Crippen LogP contribution in [0.15, 0.2) is 36.9 Å². The lowest BCUT2D eigenvalue weighted by atomic mass is 9.69. The van der Waals surface area contributed by atoms with Crippen LogP contribution in [0.3, 0.4) is 0 Å². The zero-order valence-electron chi connectivity index (χ0n) is 24.2. The number of nitriles is 1. The first-order valence-electron chi connectivity index (χ1n) is 15.2. The number of fused-ring (bicyclic) bond motifs is 2. The number of rotatable bonds is 6. The predicted octanol–water partition coefficient (Wildman–Crippen LogP) is 1.84. The second-order valence-corrected chi connectivity index (χ2v) is 12.9. The Hall–Kier alpha value is -2.52. The summed E-state index contributed by atoms with van der Waals surface area (Å²) in [7, 11) is 2.12. The highest BCUT2D eigenvalue weighted by Gasteiger charge is 2.60. The highest BCUT2D eigenvalue weighted by atomic mass is 35.5. The Labute approximate surface area is 252 Å². The second kappa shape index (κ2) is 12.2. The quantitative estimate of drug-likeness (QED) is 0.375. The van der Waals surface area contributed by atoms with Crippen LogP contribution in [0.5, 0.6) is 5.75 Å². The molecule has 10 nitrogen and oxygen atoms in total. The average molecular weight is 597 g/mol. The van der Waals surface area contributed by atoms with E-state index in [0.717, 1.165) is 37.1 Å². The Balaban J connectivity index is 1.26. The van der Waals surface area contributed by atoms with Crippen LogP contribution in [0, 0.1) is 17.2 Å². The summed E-state index contributed by atoms with van der Waals surface area (Å²) in [6, 6.07) is 9.61. The Morgan fingerprint density at radius 1 is 1.26 bits per heavy atom. The largest absolute Gasteiger partial charge is 0.478 e. The van der Waals surface area contributed by atoms with Gasteiger partial charge in [0.15, 0.2) is 17.7 Å². The van der Waals surface area contributed by atoms with E-state index in [1.165, 1.54) is 6.08 Å². The van der Waals surface area contributed by atoms with Crippen molar-refractivity contribution in [2.24, 2.45) is 5.92 Å². The standard InChI is InChI=1S/C31H41ClN6O4/c1-3-26(39)38-16-15-37(18-21(38)11-13-33)29-23-10-12-31(25(32)17-20-7-4-5-9-24(20)42-31)28(40)27(23)34-30(35-29)41-19-22-8-6-14-36(22)2/h3-5,7,9,21-23,25,27,29-30,34-35H,1,6,8,10-12,14-19H2,2H3/t21?,22?,23?,25?,27?,29?,30?,31-/m0/s1. The number of carbonyl (C=O) groups is 2. The Kier molecular flexibility index (Phi) is 8.60. The molecule has 0 aromatic heterocycles. The van der Waals surface area contributed by atoms with E-state index in [1.54, 1.807) is 4.90 Å². The number of ether oxygens (including phenoxy) is 2. The number of carbonyl (C=O) groups excluding carboxylic acids is 2. The zero-order valence-corrected chi connectivity index (χ0v) is 25.0. The molecule has 1 aromatic rings. The summed E-state index contributed by atoms with van der Waals surface area (Å²) >= 11 is 6.99. The van der Waals surface area contributed by atoms with Gasteiger partial charge in [0.05, 0.1) is 42.7 Å². The molecule has 1 amide bonds. The molecule has 6 rings (SSSR count). The lowest BCUT2D eigenvalue weighted by Gasteiger charge is -2.55. The highest BCUT2D eigenvalue weighted by Crippen LogP contribution is 2.45. The van der Waals surface area contributed by atoms with E-state index in [9.17, 15) is 14.9 Å². The van der Waals surface area contributed by atoms with Crippen LogP contribution in [0.2, 0.25) is 0 Å². The maximum Gasteiger partial charge on any atom is 0.246 e. The van der Waals surface area contributed by atoms with Crippen LogP contribution in [0.4, 0.5) is 0 Å². The van der Waals surface area contributed by atoms with Crippen molar-refractivity contribution < 1.29 is 19.1 Å². The Morgan fingerprint density at radius 3 is 2.86 bits per heavy atom. The van der Waals surface area contributed by atoms with Gasteiger partial charge in [-0.05, 0) is 63.4 Å². The number of alkyl halides is 1. The maximum absolute atomic E-state index is 14.5. The number of likely N-dealkylation sites (N-methyl/N-ethyl adjacent to an activating group) is 1. The van der Waals surface area contributed by atoms with Gasteiger partial charge in [0, 0.05) is 31.6 Å². The minimum Gasteiger partial charge on any atom is -0.478 e. The number of para-hydroxylation sites is 1. The second-order valence-electron chi connectivity index (χ2n) is 12.3. The molecule has 0 bridgehead atoms. The van der Waals surface area contributed by atoms with Crippen LogP contribution in [-0.2, 0) is 20.7 Å². The van der Waals surface area contributed by atoms with Crippen LogP contribution in [0.1, 0.15) is 37.7 Å². The van der Waals surface area contributed by atoms with Gasteiger partial charge in [0.2, 0.25) is 5.91 Å². The molecule has 1 aliphatic carbocycles. The minimum absolute atomic E-state index is 0.0274. The van der Waals surface area contributed by atoms with Gasteiger partial charge in [-0.15, -0.1) is 11.6 Å². The number of ketones is 1. The summed E-state index contributed by atoms with van der Waals surface area (Å²) in [4.78, 5) is 33.4. The lowest BCUT2D eigenvalue weighted by Crippen LogP contribution is -2.77. The van der Waals surface area contributed by atoms with Crippen LogP contribution >= 0.6 is 11.6 Å². The molecule has 11 heteroatoms. The number of piperazine rings is 1. The van der Waals surface area contributed by atoms with Gasteiger partial charge in [-0.2, -0.15) is 5.26 Å². The molecule has 7 unspecified atom stereocenters. The smallest absolute Gasteiger partial charge is 0.246 e. The summed E-state index contributed by atoms with van der Waals surface area (Å²) < 4.78 is 12.9. The summed E-state index contributed by atoms with van der Waals surface area (Å²) in [5.41, 5.74) is -0.0905. The van der Waals surface area contributed by atoms with Gasteiger partial charge in [-0.3, -0.25) is 25.1 Å². The van der Waals surface area contributed by atoms with Gasteiger partial charge in [0.1, 0.15) is 5.75 Å². The van der Waals surface area contributed by atoms with Gasteiger partial charge in [-0.1, -0.05) is 24.8 Å². The number of benzene rings is 1. The number of nitrogens with zero attached hydrogens (tertiary/aromatic N) is 4. The minimum atomic E-state index is -1.11. The van der Waals surface area contributed by atoms with E-state index in [-0.39, 0.29) is 36.2 Å². The van der Waals surface area contributed by atoms with Crippen molar-refractivity contribution >= 4 is 23.3 Å². The van der Waals surface area contributed by atoms with Gasteiger partial charge in [-0.25, -0.2) is 0 Å². The Bertz CT molecular complexity index is 1240.